The van der Waals surface area contributed by atoms with Crippen LogP contribution in [0.4, 0.5) is 0 Å². The van der Waals surface area contributed by atoms with Gasteiger partial charge in [-0.2, -0.15) is 0 Å². The number of rotatable bonds is 0. The quantitative estimate of drug-likeness (QED) is 0.214. The minimum absolute atomic E-state index is 0. The molecule has 0 aromatic heterocycles. The van der Waals surface area contributed by atoms with Gasteiger partial charge in [0.1, 0.15) is 0 Å². The van der Waals surface area contributed by atoms with E-state index in [9.17, 15) is 0 Å². The molecule has 2 heteroatoms. The average Bonchev–Trinajstić information content (AvgIpc) is 1.37. The van der Waals surface area contributed by atoms with Crippen LogP contribution in [0.15, 0.2) is 0 Å². The van der Waals surface area contributed by atoms with E-state index in [4.69, 9.17) is 5.11 Å². The Balaban J connectivity index is 0. The van der Waals surface area contributed by atoms with Crippen LogP contribution in [0.3, 0.4) is 0 Å². The van der Waals surface area contributed by atoms with Gasteiger partial charge in [0.15, 0.2) is 0 Å². The standard InChI is InChI=1S/C3H3O.Na/c1-2-3-4;/h1H,3H2;/q-1;+1. The van der Waals surface area contributed by atoms with Gasteiger partial charge in [-0.05, 0) is 0 Å². The zero-order valence-corrected chi connectivity index (χ0v) is 5.19. The molecule has 0 aromatic rings. The third-order valence-corrected chi connectivity index (χ3v) is 0.0833. The van der Waals surface area contributed by atoms with Crippen LogP contribution in [0.1, 0.15) is 0 Å². The van der Waals surface area contributed by atoms with Gasteiger partial charge in [0.05, 0.1) is 0 Å². The Labute approximate surface area is 53.7 Å². The first-order chi connectivity index (χ1) is 1.91. The summed E-state index contributed by atoms with van der Waals surface area (Å²) in [7, 11) is 0. The Hall–Kier alpha value is 0.520. The van der Waals surface area contributed by atoms with Crippen molar-refractivity contribution in [1.29, 1.82) is 0 Å². The topological polar surface area (TPSA) is 23.1 Å². The molecule has 0 N–H and O–H groups in total. The molecule has 0 aliphatic heterocycles. The molecule has 22 valence electrons. The van der Waals surface area contributed by atoms with Crippen LogP contribution >= 0.6 is 0 Å². The van der Waals surface area contributed by atoms with Crippen molar-refractivity contribution in [2.45, 2.75) is 0 Å². The second-order valence-corrected chi connectivity index (χ2v) is 0.348. The predicted octanol–water partition coefficient (Wildman–Crippen LogP) is -4.02. The van der Waals surface area contributed by atoms with Gasteiger partial charge in [0.2, 0.25) is 0 Å². The van der Waals surface area contributed by atoms with Crippen LogP contribution < -0.4 is 34.7 Å². The van der Waals surface area contributed by atoms with Crippen molar-refractivity contribution in [1.82, 2.24) is 0 Å². The zero-order valence-electron chi connectivity index (χ0n) is 3.19. The number of hydrogen-bond donors (Lipinski definition) is 0. The fourth-order valence-electron chi connectivity index (χ4n) is 0. The maximum absolute atomic E-state index is 9.06. The largest absolute Gasteiger partial charge is 1.00 e. The van der Waals surface area contributed by atoms with E-state index >= 15 is 0 Å². The van der Waals surface area contributed by atoms with Gasteiger partial charge in [0, 0.05) is 0 Å². The van der Waals surface area contributed by atoms with Crippen LogP contribution in [-0.2, 0) is 0 Å². The van der Waals surface area contributed by atoms with E-state index < -0.39 is 6.61 Å². The summed E-state index contributed by atoms with van der Waals surface area (Å²) >= 11 is 0. The Morgan fingerprint density at radius 2 is 2.00 bits per heavy atom. The molecule has 0 unspecified atom stereocenters. The molecule has 0 heterocycles. The summed E-state index contributed by atoms with van der Waals surface area (Å²) < 4.78 is 0. The van der Waals surface area contributed by atoms with E-state index in [-0.39, 0.29) is 29.6 Å². The van der Waals surface area contributed by atoms with Crippen molar-refractivity contribution in [3.63, 3.8) is 0 Å². The Kier molecular flexibility index (Phi) is 16.1. The Morgan fingerprint density at radius 1 is 1.80 bits per heavy atom. The number of hydrogen-bond acceptors (Lipinski definition) is 1. The molecular weight excluding hydrogens is 75.0 g/mol. The molecule has 0 aliphatic rings. The van der Waals surface area contributed by atoms with E-state index in [2.05, 4.69) is 6.42 Å². The van der Waals surface area contributed by atoms with E-state index in [0.29, 0.717) is 0 Å². The second-order valence-electron chi connectivity index (χ2n) is 0.348. The monoisotopic (exact) mass is 78.0 g/mol. The van der Waals surface area contributed by atoms with Gasteiger partial charge >= 0.3 is 29.6 Å². The summed E-state index contributed by atoms with van der Waals surface area (Å²) in [6.07, 6.45) is 4.47. The molecule has 5 heavy (non-hydrogen) atoms. The Bertz CT molecular complexity index is 36.6. The van der Waals surface area contributed by atoms with Crippen molar-refractivity contribution in [3.05, 3.63) is 0 Å². The first kappa shape index (κ1) is 9.10. The van der Waals surface area contributed by atoms with E-state index in [0.717, 1.165) is 0 Å². The molecule has 0 spiro atoms. The molecule has 1 nitrogen and oxygen atoms in total. The molecule has 0 amide bonds. The third-order valence-electron chi connectivity index (χ3n) is 0.0833. The summed E-state index contributed by atoms with van der Waals surface area (Å²) in [4.78, 5) is 0. The van der Waals surface area contributed by atoms with Gasteiger partial charge in [-0.3, -0.25) is 0 Å². The normalized spacial score (nSPS) is 4.00. The van der Waals surface area contributed by atoms with Crippen molar-refractivity contribution in [2.24, 2.45) is 0 Å². The molecule has 0 rings (SSSR count). The first-order valence-electron chi connectivity index (χ1n) is 0.931. The van der Waals surface area contributed by atoms with E-state index in [1.807, 2.05) is 5.92 Å². The fraction of sp³-hybridized carbons (Fsp3) is 0.333. The molecule has 0 saturated carbocycles. The third kappa shape index (κ3) is 12.4. The smallest absolute Gasteiger partial charge is 0.845 e. The second kappa shape index (κ2) is 8.82. The van der Waals surface area contributed by atoms with Crippen molar-refractivity contribution in [3.8, 4) is 12.3 Å². The first-order valence-corrected chi connectivity index (χ1v) is 0.931. The molecule has 0 radical (unpaired) electrons. The van der Waals surface area contributed by atoms with E-state index in [1.165, 1.54) is 0 Å². The van der Waals surface area contributed by atoms with Gasteiger partial charge in [-0.15, -0.1) is 12.3 Å². The molecule has 0 aromatic carbocycles. The molecular formula is C3H3NaO. The van der Waals surface area contributed by atoms with Crippen LogP contribution in [0, 0.1) is 12.3 Å². The van der Waals surface area contributed by atoms with Gasteiger partial charge in [-0.1, -0.05) is 6.61 Å². The van der Waals surface area contributed by atoms with Gasteiger partial charge in [-0.25, -0.2) is 0 Å². The van der Waals surface area contributed by atoms with Crippen molar-refractivity contribution >= 4 is 0 Å². The van der Waals surface area contributed by atoms with Crippen LogP contribution in [-0.4, -0.2) is 6.61 Å². The summed E-state index contributed by atoms with van der Waals surface area (Å²) in [6, 6.07) is 0. The zero-order chi connectivity index (χ0) is 3.41. The maximum atomic E-state index is 9.06. The van der Waals surface area contributed by atoms with Crippen LogP contribution in [0.5, 0.6) is 0 Å². The van der Waals surface area contributed by atoms with E-state index in [1.54, 1.807) is 0 Å². The summed E-state index contributed by atoms with van der Waals surface area (Å²) in [5, 5.41) is 9.06. The fourth-order valence-corrected chi connectivity index (χ4v) is 0. The minimum atomic E-state index is -0.403. The summed E-state index contributed by atoms with van der Waals surface area (Å²) in [5.41, 5.74) is 0. The van der Waals surface area contributed by atoms with Crippen LogP contribution in [0.25, 0.3) is 0 Å². The molecule has 0 aliphatic carbocycles. The summed E-state index contributed by atoms with van der Waals surface area (Å²) in [6.45, 7) is -0.403. The molecule has 0 bridgehead atoms. The van der Waals surface area contributed by atoms with Gasteiger partial charge in [0.25, 0.3) is 0 Å². The maximum Gasteiger partial charge on any atom is 1.00 e. The number of terminal acetylenes is 1. The SMILES string of the molecule is C#CC[O-].[Na+]. The summed E-state index contributed by atoms with van der Waals surface area (Å²) in [5.74, 6) is 1.88. The van der Waals surface area contributed by atoms with Crippen molar-refractivity contribution < 1.29 is 34.7 Å². The molecule has 0 atom stereocenters. The minimum Gasteiger partial charge on any atom is -0.845 e. The Morgan fingerprint density at radius 3 is 2.00 bits per heavy atom. The molecule has 0 fully saturated rings. The van der Waals surface area contributed by atoms with Gasteiger partial charge < -0.3 is 5.11 Å². The molecule has 0 saturated heterocycles. The van der Waals surface area contributed by atoms with Crippen molar-refractivity contribution in [2.75, 3.05) is 6.61 Å². The average molecular weight is 78.0 g/mol. The van der Waals surface area contributed by atoms with Crippen LogP contribution in [0.2, 0.25) is 0 Å². The predicted molar refractivity (Wildman–Crippen MR) is 13.7 cm³/mol.